The molecule has 5 nitrogen and oxygen atoms in total. The van der Waals surface area contributed by atoms with Crippen LogP contribution in [0.3, 0.4) is 0 Å². The average Bonchev–Trinajstić information content (AvgIpc) is 3.46. The minimum atomic E-state index is -0.307. The number of para-hydroxylation sites is 1. The van der Waals surface area contributed by atoms with Gasteiger partial charge in [-0.15, -0.1) is 0 Å². The Labute approximate surface area is 182 Å². The third-order valence-corrected chi connectivity index (χ3v) is 8.08. The Morgan fingerprint density at radius 2 is 1.77 bits per heavy atom. The van der Waals surface area contributed by atoms with Crippen LogP contribution in [-0.4, -0.2) is 48.1 Å². The van der Waals surface area contributed by atoms with Crippen molar-refractivity contribution in [3.8, 4) is 0 Å². The smallest absolute Gasteiger partial charge is 0.290 e. The summed E-state index contributed by atoms with van der Waals surface area (Å²) in [6.45, 7) is 1.95. The zero-order chi connectivity index (χ0) is 20.3. The number of thioether (sulfide) groups is 1. The molecule has 1 aromatic carbocycles. The molecule has 1 amide bonds. The number of carbonyl (C=O) groups excluding carboxylic acids is 1. The third-order valence-electron chi connectivity index (χ3n) is 6.68. The van der Waals surface area contributed by atoms with E-state index in [1.165, 1.54) is 32.1 Å². The first-order valence-corrected chi connectivity index (χ1v) is 12.5. The van der Waals surface area contributed by atoms with Gasteiger partial charge in [0.25, 0.3) is 5.91 Å². The Morgan fingerprint density at radius 3 is 2.60 bits per heavy atom. The second-order valence-corrected chi connectivity index (χ2v) is 9.94. The third kappa shape index (κ3) is 4.14. The van der Waals surface area contributed by atoms with Crippen molar-refractivity contribution >= 4 is 28.6 Å². The maximum atomic E-state index is 13.7. The van der Waals surface area contributed by atoms with Crippen molar-refractivity contribution in [1.29, 1.82) is 0 Å². The van der Waals surface area contributed by atoms with Crippen LogP contribution in [0.25, 0.3) is 11.0 Å². The molecular formula is C24H31NO4S. The second kappa shape index (κ2) is 9.33. The van der Waals surface area contributed by atoms with Gasteiger partial charge < -0.3 is 18.8 Å². The van der Waals surface area contributed by atoms with Gasteiger partial charge in [0, 0.05) is 28.5 Å². The Hall–Kier alpha value is -1.50. The molecule has 0 radical (unpaired) electrons. The van der Waals surface area contributed by atoms with Crippen molar-refractivity contribution in [3.05, 3.63) is 35.6 Å². The van der Waals surface area contributed by atoms with Crippen molar-refractivity contribution < 1.29 is 18.7 Å². The predicted molar refractivity (Wildman–Crippen MR) is 119 cm³/mol. The number of piperidine rings is 1. The van der Waals surface area contributed by atoms with Crippen LogP contribution in [0.15, 0.2) is 28.7 Å². The van der Waals surface area contributed by atoms with Crippen LogP contribution in [0.5, 0.6) is 0 Å². The number of fused-ring (bicyclic) bond motifs is 1. The van der Waals surface area contributed by atoms with Gasteiger partial charge in [0.15, 0.2) is 12.1 Å². The molecule has 6 heteroatoms. The van der Waals surface area contributed by atoms with Gasteiger partial charge in [-0.3, -0.25) is 4.79 Å². The number of amides is 1. The molecule has 1 aromatic heterocycles. The van der Waals surface area contributed by atoms with E-state index in [9.17, 15) is 4.79 Å². The molecule has 0 N–H and O–H groups in total. The topological polar surface area (TPSA) is 51.9 Å². The molecule has 162 valence electrons. The van der Waals surface area contributed by atoms with Gasteiger partial charge in [-0.05, 0) is 38.2 Å². The molecule has 0 spiro atoms. The van der Waals surface area contributed by atoms with E-state index in [0.29, 0.717) is 24.2 Å². The van der Waals surface area contributed by atoms with Gasteiger partial charge in [0.2, 0.25) is 0 Å². The monoisotopic (exact) mass is 429 g/mol. The molecule has 1 saturated carbocycles. The fourth-order valence-electron chi connectivity index (χ4n) is 5.07. The maximum Gasteiger partial charge on any atom is 0.290 e. The number of carbonyl (C=O) groups is 1. The van der Waals surface area contributed by atoms with Crippen LogP contribution in [0, 0.1) is 0 Å². The van der Waals surface area contributed by atoms with Gasteiger partial charge in [0.1, 0.15) is 5.58 Å². The first-order chi connectivity index (χ1) is 14.8. The minimum Gasteiger partial charge on any atom is -0.451 e. The van der Waals surface area contributed by atoms with Crippen LogP contribution in [0.4, 0.5) is 0 Å². The van der Waals surface area contributed by atoms with Crippen molar-refractivity contribution in [3.63, 3.8) is 0 Å². The van der Waals surface area contributed by atoms with Crippen molar-refractivity contribution in [2.24, 2.45) is 0 Å². The summed E-state index contributed by atoms with van der Waals surface area (Å²) >= 11 is 1.99. The number of likely N-dealkylation sites (tertiary alicyclic amines) is 1. The van der Waals surface area contributed by atoms with E-state index in [4.69, 9.17) is 13.9 Å². The summed E-state index contributed by atoms with van der Waals surface area (Å²) in [5.74, 6) is 1.34. The molecule has 5 rings (SSSR count). The predicted octanol–water partition coefficient (Wildman–Crippen LogP) is 5.37. The van der Waals surface area contributed by atoms with Gasteiger partial charge >= 0.3 is 0 Å². The number of benzene rings is 1. The molecule has 30 heavy (non-hydrogen) atoms. The highest BCUT2D eigenvalue weighted by Crippen LogP contribution is 2.36. The van der Waals surface area contributed by atoms with E-state index in [0.717, 1.165) is 48.1 Å². The lowest BCUT2D eigenvalue weighted by atomic mass is 10.0. The van der Waals surface area contributed by atoms with E-state index in [1.807, 2.05) is 34.9 Å². The van der Waals surface area contributed by atoms with Gasteiger partial charge in [0.05, 0.1) is 19.3 Å². The van der Waals surface area contributed by atoms with E-state index in [1.54, 1.807) is 0 Å². The van der Waals surface area contributed by atoms with Gasteiger partial charge in [-0.2, -0.15) is 11.8 Å². The largest absolute Gasteiger partial charge is 0.451 e. The molecule has 2 aromatic rings. The Kier molecular flexibility index (Phi) is 6.34. The summed E-state index contributed by atoms with van der Waals surface area (Å²) in [5.41, 5.74) is 1.87. The highest BCUT2D eigenvalue weighted by molar-refractivity contribution is 7.99. The van der Waals surface area contributed by atoms with Crippen molar-refractivity contribution in [2.45, 2.75) is 74.7 Å². The molecule has 2 saturated heterocycles. The van der Waals surface area contributed by atoms with Crippen LogP contribution in [-0.2, 0) is 15.2 Å². The van der Waals surface area contributed by atoms with Gasteiger partial charge in [-0.1, -0.05) is 37.5 Å². The first-order valence-electron chi connectivity index (χ1n) is 11.5. The lowest BCUT2D eigenvalue weighted by Gasteiger charge is -2.37. The standard InChI is InChI=1S/C24H31NO4S/c26-23(25-13-7-6-11-20(25)24-27-14-15-28-24)22-19(16-30-17-8-2-1-3-9-17)18-10-4-5-12-21(18)29-22/h4-5,10,12,17,20,24H,1-3,6-9,11,13-16H2. The summed E-state index contributed by atoms with van der Waals surface area (Å²) in [6, 6.07) is 8.04. The quantitative estimate of drug-likeness (QED) is 0.640. The van der Waals surface area contributed by atoms with E-state index in [-0.39, 0.29) is 18.2 Å². The number of rotatable bonds is 5. The SMILES string of the molecule is O=C(c1oc2ccccc2c1CSC1CCCCC1)N1CCCCC1C1OCCO1. The fraction of sp³-hybridized carbons (Fsp3) is 0.625. The van der Waals surface area contributed by atoms with Crippen LogP contribution in [0.2, 0.25) is 0 Å². The Balaban J connectivity index is 1.42. The number of ether oxygens (including phenoxy) is 2. The summed E-state index contributed by atoms with van der Waals surface area (Å²) in [6.07, 6.45) is 9.31. The van der Waals surface area contributed by atoms with Gasteiger partial charge in [-0.25, -0.2) is 0 Å². The van der Waals surface area contributed by atoms with Crippen molar-refractivity contribution in [2.75, 3.05) is 19.8 Å². The molecular weight excluding hydrogens is 398 g/mol. The zero-order valence-electron chi connectivity index (χ0n) is 17.5. The summed E-state index contributed by atoms with van der Waals surface area (Å²) < 4.78 is 17.7. The maximum absolute atomic E-state index is 13.7. The lowest BCUT2D eigenvalue weighted by molar-refractivity contribution is -0.100. The number of hydrogen-bond donors (Lipinski definition) is 0. The minimum absolute atomic E-state index is 0.00533. The Morgan fingerprint density at radius 1 is 1.00 bits per heavy atom. The van der Waals surface area contributed by atoms with Crippen LogP contribution < -0.4 is 0 Å². The summed E-state index contributed by atoms with van der Waals surface area (Å²) in [5, 5.41) is 1.77. The number of furan rings is 1. The summed E-state index contributed by atoms with van der Waals surface area (Å²) in [4.78, 5) is 15.7. The number of hydrogen-bond acceptors (Lipinski definition) is 5. The normalized spacial score (nSPS) is 24.0. The van der Waals surface area contributed by atoms with Crippen molar-refractivity contribution in [1.82, 2.24) is 4.90 Å². The van der Waals surface area contributed by atoms with Crippen LogP contribution >= 0.6 is 11.8 Å². The molecule has 3 heterocycles. The fourth-order valence-corrected chi connectivity index (χ4v) is 6.43. The highest BCUT2D eigenvalue weighted by atomic mass is 32.2. The average molecular weight is 430 g/mol. The molecule has 1 atom stereocenters. The van der Waals surface area contributed by atoms with E-state index in [2.05, 4.69) is 6.07 Å². The van der Waals surface area contributed by atoms with E-state index >= 15 is 0 Å². The summed E-state index contributed by atoms with van der Waals surface area (Å²) in [7, 11) is 0. The molecule has 1 aliphatic carbocycles. The molecule has 1 unspecified atom stereocenters. The molecule has 0 bridgehead atoms. The first kappa shape index (κ1) is 20.4. The molecule has 3 aliphatic rings. The Bertz CT molecular complexity index is 869. The highest BCUT2D eigenvalue weighted by Gasteiger charge is 2.38. The van der Waals surface area contributed by atoms with Crippen LogP contribution in [0.1, 0.15) is 67.5 Å². The zero-order valence-corrected chi connectivity index (χ0v) is 18.3. The van der Waals surface area contributed by atoms with E-state index < -0.39 is 0 Å². The molecule has 3 fully saturated rings. The lowest BCUT2D eigenvalue weighted by Crippen LogP contribution is -2.50. The number of nitrogens with zero attached hydrogens (tertiary/aromatic N) is 1. The second-order valence-electron chi connectivity index (χ2n) is 8.65. The molecule has 2 aliphatic heterocycles.